The second-order valence-electron chi connectivity index (χ2n) is 3.95. The maximum atomic E-state index is 11.1. The molecule has 0 spiro atoms. The first-order chi connectivity index (χ1) is 7.11. The second-order valence-corrected chi connectivity index (χ2v) is 3.95. The molecule has 0 aromatic rings. The normalized spacial score (nSPS) is 24.9. The third-order valence-corrected chi connectivity index (χ3v) is 2.64. The lowest BCUT2D eigenvalue weighted by atomic mass is 10.1. The third kappa shape index (κ3) is 4.29. The van der Waals surface area contributed by atoms with E-state index in [2.05, 4.69) is 16.0 Å². The number of rotatable bonds is 4. The van der Waals surface area contributed by atoms with E-state index in [1.807, 2.05) is 0 Å². The van der Waals surface area contributed by atoms with Crippen molar-refractivity contribution in [3.63, 3.8) is 0 Å². The van der Waals surface area contributed by atoms with Crippen LogP contribution in [0.2, 0.25) is 0 Å². The maximum absolute atomic E-state index is 11.1. The Morgan fingerprint density at radius 1 is 1.33 bits per heavy atom. The zero-order valence-corrected chi connectivity index (χ0v) is 9.30. The van der Waals surface area contributed by atoms with Gasteiger partial charge in [-0.1, -0.05) is 0 Å². The molecule has 0 aromatic heterocycles. The van der Waals surface area contributed by atoms with Crippen molar-refractivity contribution in [1.29, 1.82) is 0 Å². The molecule has 5 nitrogen and oxygen atoms in total. The van der Waals surface area contributed by atoms with Gasteiger partial charge in [0.15, 0.2) is 0 Å². The first-order valence-electron chi connectivity index (χ1n) is 5.33. The molecular weight excluding hydrogens is 194 g/mol. The molecule has 0 saturated carbocycles. The highest BCUT2D eigenvalue weighted by atomic mass is 16.2. The van der Waals surface area contributed by atoms with Crippen LogP contribution in [0.3, 0.4) is 0 Å². The van der Waals surface area contributed by atoms with Crippen LogP contribution in [-0.4, -0.2) is 37.5 Å². The molecule has 0 radical (unpaired) electrons. The summed E-state index contributed by atoms with van der Waals surface area (Å²) in [6.07, 6.45) is 2.53. The molecule has 1 fully saturated rings. The number of nitrogens with one attached hydrogen (secondary N) is 3. The van der Waals surface area contributed by atoms with Crippen molar-refractivity contribution in [1.82, 2.24) is 16.0 Å². The average molecular weight is 213 g/mol. The van der Waals surface area contributed by atoms with Gasteiger partial charge in [-0.2, -0.15) is 0 Å². The number of hydrogen-bond donors (Lipinski definition) is 3. The summed E-state index contributed by atoms with van der Waals surface area (Å²) in [5.74, 6) is 0.0548. The Morgan fingerprint density at radius 2 is 2.00 bits per heavy atom. The Bertz CT molecular complexity index is 243. The monoisotopic (exact) mass is 213 g/mol. The number of carbonyl (C=O) groups is 2. The highest BCUT2D eigenvalue weighted by molar-refractivity contribution is 5.76. The van der Waals surface area contributed by atoms with Gasteiger partial charge in [0.05, 0.1) is 0 Å². The summed E-state index contributed by atoms with van der Waals surface area (Å²) >= 11 is 0. The van der Waals surface area contributed by atoms with Gasteiger partial charge in [-0.25, -0.2) is 0 Å². The highest BCUT2D eigenvalue weighted by Gasteiger charge is 2.24. The lowest BCUT2D eigenvalue weighted by molar-refractivity contribution is -0.121. The molecule has 2 atom stereocenters. The standard InChI is InChI=1S/C10H19N3O2/c1-7(14)12-6-9-4-3-8(13-9)5-10(15)11-2/h8-9,13H,3-6H2,1-2H3,(H,11,15)(H,12,14)/t8-,9-/m1/s1. The van der Waals surface area contributed by atoms with Crippen LogP contribution in [0.25, 0.3) is 0 Å². The van der Waals surface area contributed by atoms with Gasteiger partial charge in [-0.05, 0) is 12.8 Å². The van der Waals surface area contributed by atoms with Crippen LogP contribution in [0.15, 0.2) is 0 Å². The van der Waals surface area contributed by atoms with Gasteiger partial charge in [-0.3, -0.25) is 9.59 Å². The highest BCUT2D eigenvalue weighted by Crippen LogP contribution is 2.14. The van der Waals surface area contributed by atoms with Crippen molar-refractivity contribution in [2.45, 2.75) is 38.3 Å². The summed E-state index contributed by atoms with van der Waals surface area (Å²) in [4.78, 5) is 21.8. The van der Waals surface area contributed by atoms with Crippen LogP contribution < -0.4 is 16.0 Å². The fourth-order valence-corrected chi connectivity index (χ4v) is 1.82. The molecule has 5 heteroatoms. The van der Waals surface area contributed by atoms with Crippen molar-refractivity contribution in [2.24, 2.45) is 0 Å². The molecule has 0 unspecified atom stereocenters. The van der Waals surface area contributed by atoms with Crippen molar-refractivity contribution < 1.29 is 9.59 Å². The molecule has 0 aromatic carbocycles. The summed E-state index contributed by atoms with van der Waals surface area (Å²) in [5.41, 5.74) is 0. The smallest absolute Gasteiger partial charge is 0.221 e. The van der Waals surface area contributed by atoms with Crippen LogP contribution in [-0.2, 0) is 9.59 Å². The van der Waals surface area contributed by atoms with E-state index in [9.17, 15) is 9.59 Å². The Labute approximate surface area is 90.0 Å². The van der Waals surface area contributed by atoms with Crippen LogP contribution in [0.5, 0.6) is 0 Å². The lowest BCUT2D eigenvalue weighted by Gasteiger charge is -2.13. The van der Waals surface area contributed by atoms with E-state index >= 15 is 0 Å². The van der Waals surface area contributed by atoms with Crippen molar-refractivity contribution in [2.75, 3.05) is 13.6 Å². The molecule has 0 aliphatic carbocycles. The number of amides is 2. The fourth-order valence-electron chi connectivity index (χ4n) is 1.82. The molecule has 2 amide bonds. The van der Waals surface area contributed by atoms with E-state index in [1.54, 1.807) is 7.05 Å². The third-order valence-electron chi connectivity index (χ3n) is 2.64. The van der Waals surface area contributed by atoms with Crippen molar-refractivity contribution >= 4 is 11.8 Å². The van der Waals surface area contributed by atoms with Crippen LogP contribution in [0.1, 0.15) is 26.2 Å². The van der Waals surface area contributed by atoms with Gasteiger partial charge in [0.1, 0.15) is 0 Å². The molecule has 86 valence electrons. The first kappa shape index (κ1) is 12.0. The van der Waals surface area contributed by atoms with Crippen LogP contribution >= 0.6 is 0 Å². The van der Waals surface area contributed by atoms with Crippen molar-refractivity contribution in [3.05, 3.63) is 0 Å². The topological polar surface area (TPSA) is 70.2 Å². The zero-order valence-electron chi connectivity index (χ0n) is 9.30. The molecule has 0 bridgehead atoms. The van der Waals surface area contributed by atoms with Crippen molar-refractivity contribution in [3.8, 4) is 0 Å². The quantitative estimate of drug-likeness (QED) is 0.583. The van der Waals surface area contributed by atoms with Gasteiger partial charge in [0.25, 0.3) is 0 Å². The molecular formula is C10H19N3O2. The minimum Gasteiger partial charge on any atom is -0.359 e. The maximum Gasteiger partial charge on any atom is 0.221 e. The fraction of sp³-hybridized carbons (Fsp3) is 0.800. The van der Waals surface area contributed by atoms with E-state index in [1.165, 1.54) is 6.92 Å². The number of carbonyl (C=O) groups excluding carboxylic acids is 2. The predicted octanol–water partition coefficient (Wildman–Crippen LogP) is -0.621. The molecule has 1 aliphatic heterocycles. The predicted molar refractivity (Wildman–Crippen MR) is 57.3 cm³/mol. The van der Waals surface area contributed by atoms with Crippen LogP contribution in [0.4, 0.5) is 0 Å². The summed E-state index contributed by atoms with van der Waals surface area (Å²) < 4.78 is 0. The van der Waals surface area contributed by atoms with Gasteiger partial charge < -0.3 is 16.0 Å². The Kier molecular flexibility index (Phi) is 4.55. The summed E-state index contributed by atoms with van der Waals surface area (Å²) in [5, 5.41) is 8.72. The van der Waals surface area contributed by atoms with E-state index in [-0.39, 0.29) is 17.9 Å². The second kappa shape index (κ2) is 5.70. The molecule has 1 saturated heterocycles. The summed E-state index contributed by atoms with van der Waals surface area (Å²) in [6, 6.07) is 0.562. The van der Waals surface area contributed by atoms with Gasteiger partial charge in [-0.15, -0.1) is 0 Å². The van der Waals surface area contributed by atoms with Gasteiger partial charge in [0.2, 0.25) is 11.8 Å². The van der Waals surface area contributed by atoms with E-state index < -0.39 is 0 Å². The van der Waals surface area contributed by atoms with E-state index in [0.717, 1.165) is 12.8 Å². The summed E-state index contributed by atoms with van der Waals surface area (Å²) in [7, 11) is 1.64. The molecule has 1 rings (SSSR count). The van der Waals surface area contributed by atoms with Gasteiger partial charge >= 0.3 is 0 Å². The SMILES string of the molecule is CNC(=O)C[C@H]1CC[C@H](CNC(C)=O)N1. The average Bonchev–Trinajstić information content (AvgIpc) is 2.62. The molecule has 1 heterocycles. The Hall–Kier alpha value is -1.10. The first-order valence-corrected chi connectivity index (χ1v) is 5.33. The summed E-state index contributed by atoms with van der Waals surface area (Å²) in [6.45, 7) is 2.16. The van der Waals surface area contributed by atoms with Gasteiger partial charge in [0, 0.05) is 39.0 Å². The molecule has 15 heavy (non-hydrogen) atoms. The lowest BCUT2D eigenvalue weighted by Crippen LogP contribution is -2.40. The van der Waals surface area contributed by atoms with E-state index in [0.29, 0.717) is 19.0 Å². The molecule has 3 N–H and O–H groups in total. The Morgan fingerprint density at radius 3 is 2.60 bits per heavy atom. The van der Waals surface area contributed by atoms with Crippen LogP contribution in [0, 0.1) is 0 Å². The zero-order chi connectivity index (χ0) is 11.3. The minimum atomic E-state index is -0.00782. The minimum absolute atomic E-state index is 0.00782. The number of hydrogen-bond acceptors (Lipinski definition) is 3. The largest absolute Gasteiger partial charge is 0.359 e. The van der Waals surface area contributed by atoms with E-state index in [4.69, 9.17) is 0 Å². The molecule has 1 aliphatic rings. The Balaban J connectivity index is 2.20.